The molecule has 2 amide bonds. The molecule has 0 saturated carbocycles. The minimum absolute atomic E-state index is 0.0166. The monoisotopic (exact) mass is 642 g/mol. The second-order valence-corrected chi connectivity index (χ2v) is 11.8. The highest BCUT2D eigenvalue weighted by atomic mass is 19.3. The zero-order valence-electron chi connectivity index (χ0n) is 26.2. The van der Waals surface area contributed by atoms with Gasteiger partial charge in [-0.25, -0.2) is 18.7 Å². The minimum Gasteiger partial charge on any atom is -0.378 e. The molecule has 0 radical (unpaired) electrons. The zero-order valence-corrected chi connectivity index (χ0v) is 26.2. The van der Waals surface area contributed by atoms with Gasteiger partial charge in [0.15, 0.2) is 11.6 Å². The van der Waals surface area contributed by atoms with Crippen LogP contribution in [0.5, 0.6) is 0 Å². The first-order valence-corrected chi connectivity index (χ1v) is 15.6. The summed E-state index contributed by atoms with van der Waals surface area (Å²) in [5.41, 5.74) is 5.90. The smallest absolute Gasteiger partial charge is 0.281 e. The Hall–Kier alpha value is -4.34. The molecule has 3 aliphatic rings. The van der Waals surface area contributed by atoms with Gasteiger partial charge in [0.2, 0.25) is 29.7 Å². The first-order valence-electron chi connectivity index (χ1n) is 15.6. The summed E-state index contributed by atoms with van der Waals surface area (Å²) in [5.74, 6) is 0.144. The maximum Gasteiger partial charge on any atom is 0.281 e. The number of hydrogen-bond acceptors (Lipinski definition) is 12. The van der Waals surface area contributed by atoms with Crippen molar-refractivity contribution in [1.82, 2.24) is 34.7 Å². The molecule has 3 aliphatic heterocycles. The number of alkyl halides is 2. The van der Waals surface area contributed by atoms with Crippen molar-refractivity contribution >= 4 is 35.4 Å². The van der Waals surface area contributed by atoms with Gasteiger partial charge in [0.1, 0.15) is 5.69 Å². The molecule has 2 aromatic heterocycles. The van der Waals surface area contributed by atoms with Crippen LogP contribution in [0.25, 0.3) is 11.4 Å². The van der Waals surface area contributed by atoms with E-state index in [1.165, 1.54) is 6.20 Å². The molecule has 0 bridgehead atoms. The van der Waals surface area contributed by atoms with E-state index in [-0.39, 0.29) is 53.7 Å². The molecule has 46 heavy (non-hydrogen) atoms. The molecule has 0 aromatic carbocycles. The number of carbonyl (C=O) groups is 3. The Morgan fingerprint density at radius 2 is 1.52 bits per heavy atom. The quantitative estimate of drug-likeness (QED) is 0.396. The number of morpholine rings is 1. The summed E-state index contributed by atoms with van der Waals surface area (Å²) >= 11 is 0. The Labute approximate surface area is 266 Å². The number of anilines is 3. The van der Waals surface area contributed by atoms with Crippen LogP contribution in [0.3, 0.4) is 0 Å². The third-order valence-electron chi connectivity index (χ3n) is 8.30. The van der Waals surface area contributed by atoms with Gasteiger partial charge in [-0.3, -0.25) is 14.4 Å². The predicted octanol–water partition coefficient (Wildman–Crippen LogP) is 1.89. The fraction of sp³-hybridized carbons (Fsp3) is 0.600. The number of halogens is 2. The van der Waals surface area contributed by atoms with Crippen molar-refractivity contribution < 1.29 is 27.9 Å². The molecule has 5 heterocycles. The van der Waals surface area contributed by atoms with Crippen LogP contribution >= 0.6 is 0 Å². The number of rotatable bonds is 9. The van der Waals surface area contributed by atoms with Gasteiger partial charge in [-0.2, -0.15) is 15.0 Å². The van der Waals surface area contributed by atoms with Crippen molar-refractivity contribution in [3.63, 3.8) is 0 Å². The summed E-state index contributed by atoms with van der Waals surface area (Å²) in [7, 11) is 0. The summed E-state index contributed by atoms with van der Waals surface area (Å²) in [6.07, 6.45) is 1.34. The summed E-state index contributed by atoms with van der Waals surface area (Å²) in [4.78, 5) is 66.7. The number of nitrogens with zero attached hydrogens (tertiary/aromatic N) is 9. The molecule has 248 valence electrons. The standard InChI is InChI=1S/C30H40F2N10O4/c1-19(2)17-21(43)3-4-23(44)39-7-5-20(6-8-39)27(45)40-9-11-41(12-10-40)29-36-26(22-18-34-28(33)35-24(22)25(31)32)37-30(38-29)42-13-15-46-16-14-42/h17-18,20,25H,3-16H2,1-2H3,(H2,33,34,35). The average molecular weight is 643 g/mol. The number of amides is 2. The fourth-order valence-corrected chi connectivity index (χ4v) is 5.81. The van der Waals surface area contributed by atoms with E-state index in [2.05, 4.69) is 24.9 Å². The Kier molecular flexibility index (Phi) is 10.7. The van der Waals surface area contributed by atoms with Crippen LogP contribution in [-0.4, -0.2) is 118 Å². The molecule has 0 spiro atoms. The molecular formula is C30H40F2N10O4. The number of piperidine rings is 1. The second kappa shape index (κ2) is 14.8. The number of carbonyl (C=O) groups excluding carboxylic acids is 3. The average Bonchev–Trinajstić information content (AvgIpc) is 3.07. The van der Waals surface area contributed by atoms with Crippen LogP contribution in [-0.2, 0) is 19.1 Å². The summed E-state index contributed by atoms with van der Waals surface area (Å²) in [6, 6.07) is 0. The molecule has 3 saturated heterocycles. The fourth-order valence-electron chi connectivity index (χ4n) is 5.81. The van der Waals surface area contributed by atoms with Crippen LogP contribution in [0.1, 0.15) is 51.7 Å². The third-order valence-corrected chi connectivity index (χ3v) is 8.30. The summed E-state index contributed by atoms with van der Waals surface area (Å²) < 4.78 is 33.3. The van der Waals surface area contributed by atoms with Crippen LogP contribution in [0.15, 0.2) is 17.8 Å². The number of ether oxygens (including phenoxy) is 1. The highest BCUT2D eigenvalue weighted by Gasteiger charge is 2.33. The van der Waals surface area contributed by atoms with Crippen molar-refractivity contribution in [1.29, 1.82) is 0 Å². The van der Waals surface area contributed by atoms with E-state index in [0.717, 1.165) is 5.57 Å². The van der Waals surface area contributed by atoms with Crippen LogP contribution in [0.2, 0.25) is 0 Å². The van der Waals surface area contributed by atoms with Crippen molar-refractivity contribution in [2.75, 3.05) is 81.1 Å². The molecule has 0 unspecified atom stereocenters. The van der Waals surface area contributed by atoms with E-state index in [0.29, 0.717) is 90.3 Å². The number of aromatic nitrogens is 5. The van der Waals surface area contributed by atoms with E-state index < -0.39 is 12.1 Å². The van der Waals surface area contributed by atoms with E-state index in [4.69, 9.17) is 10.5 Å². The van der Waals surface area contributed by atoms with E-state index in [9.17, 15) is 23.2 Å². The molecule has 16 heteroatoms. The highest BCUT2D eigenvalue weighted by Crippen LogP contribution is 2.30. The molecule has 2 aromatic rings. The van der Waals surface area contributed by atoms with Crippen LogP contribution in [0.4, 0.5) is 26.6 Å². The van der Waals surface area contributed by atoms with E-state index in [1.807, 2.05) is 28.5 Å². The topological polar surface area (TPSA) is 164 Å². The van der Waals surface area contributed by atoms with Gasteiger partial charge in [0.05, 0.1) is 18.8 Å². The maximum absolute atomic E-state index is 13.9. The van der Waals surface area contributed by atoms with Gasteiger partial charge in [-0.15, -0.1) is 0 Å². The Morgan fingerprint density at radius 1 is 0.891 bits per heavy atom. The number of nitrogen functional groups attached to an aromatic ring is 1. The Balaban J connectivity index is 1.22. The first-order chi connectivity index (χ1) is 22.1. The van der Waals surface area contributed by atoms with Gasteiger partial charge in [-0.05, 0) is 32.8 Å². The van der Waals surface area contributed by atoms with Crippen molar-refractivity contribution in [3.05, 3.63) is 23.5 Å². The molecule has 0 aliphatic carbocycles. The Bertz CT molecular complexity index is 1450. The van der Waals surface area contributed by atoms with E-state index in [1.54, 1.807) is 11.0 Å². The third kappa shape index (κ3) is 8.08. The van der Waals surface area contributed by atoms with Gasteiger partial charge >= 0.3 is 0 Å². The number of ketones is 1. The predicted molar refractivity (Wildman–Crippen MR) is 165 cm³/mol. The van der Waals surface area contributed by atoms with E-state index >= 15 is 0 Å². The van der Waals surface area contributed by atoms with Crippen molar-refractivity contribution in [2.45, 2.75) is 46.0 Å². The number of allylic oxidation sites excluding steroid dienone is 2. The largest absolute Gasteiger partial charge is 0.378 e. The molecule has 2 N–H and O–H groups in total. The van der Waals surface area contributed by atoms with Crippen LogP contribution in [0, 0.1) is 5.92 Å². The number of hydrogen-bond donors (Lipinski definition) is 1. The van der Waals surface area contributed by atoms with Gasteiger partial charge in [-0.1, -0.05) is 5.57 Å². The molecule has 5 rings (SSSR count). The minimum atomic E-state index is -2.91. The lowest BCUT2D eigenvalue weighted by molar-refractivity contribution is -0.141. The normalized spacial score (nSPS) is 17.8. The van der Waals surface area contributed by atoms with Gasteiger partial charge < -0.3 is 30.1 Å². The molecule has 14 nitrogen and oxygen atoms in total. The SMILES string of the molecule is CC(C)=CC(=O)CCC(=O)N1CCC(C(=O)N2CCN(c3nc(-c4cnc(N)nc4C(F)F)nc(N4CCOCC4)n3)CC2)CC1. The molecule has 3 fully saturated rings. The zero-order chi connectivity index (χ0) is 32.8. The van der Waals surface area contributed by atoms with Gasteiger partial charge in [0.25, 0.3) is 6.43 Å². The second-order valence-electron chi connectivity index (χ2n) is 11.8. The Morgan fingerprint density at radius 3 is 2.13 bits per heavy atom. The van der Waals surface area contributed by atoms with Gasteiger partial charge in [0, 0.05) is 77.3 Å². The lowest BCUT2D eigenvalue weighted by atomic mass is 9.94. The first kappa shape index (κ1) is 33.0. The van der Waals surface area contributed by atoms with Crippen molar-refractivity contribution in [2.24, 2.45) is 5.92 Å². The summed E-state index contributed by atoms with van der Waals surface area (Å²) in [5, 5.41) is 0. The molecular weight excluding hydrogens is 602 g/mol. The number of piperazine rings is 1. The number of likely N-dealkylation sites (tertiary alicyclic amines) is 1. The van der Waals surface area contributed by atoms with Crippen LogP contribution < -0.4 is 15.5 Å². The highest BCUT2D eigenvalue weighted by molar-refractivity contribution is 5.93. The maximum atomic E-state index is 13.9. The lowest BCUT2D eigenvalue weighted by Gasteiger charge is -2.38. The lowest BCUT2D eigenvalue weighted by Crippen LogP contribution is -2.52. The number of nitrogens with two attached hydrogens (primary N) is 1. The molecule has 0 atom stereocenters. The summed E-state index contributed by atoms with van der Waals surface area (Å²) in [6.45, 7) is 8.44. The van der Waals surface area contributed by atoms with Crippen molar-refractivity contribution in [3.8, 4) is 11.4 Å².